The topological polar surface area (TPSA) is 58.1 Å². The lowest BCUT2D eigenvalue weighted by molar-refractivity contribution is -0.120. The Morgan fingerprint density at radius 1 is 1.11 bits per heavy atom. The molecule has 0 bridgehead atoms. The number of benzene rings is 1. The van der Waals surface area contributed by atoms with E-state index >= 15 is 0 Å². The molecular formula is C21H22N4OS. The fraction of sp³-hybridized carbons (Fsp3) is 0.286. The lowest BCUT2D eigenvalue weighted by atomic mass is 9.95. The molecule has 0 atom stereocenters. The minimum absolute atomic E-state index is 0.0418. The Bertz CT molecular complexity index is 900. The summed E-state index contributed by atoms with van der Waals surface area (Å²) in [6, 6.07) is 16.0. The molecule has 4 rings (SSSR count). The molecule has 0 spiro atoms. The molecule has 3 heterocycles. The molecule has 1 aliphatic heterocycles. The van der Waals surface area contributed by atoms with Crippen LogP contribution >= 0.6 is 11.3 Å². The van der Waals surface area contributed by atoms with Gasteiger partial charge in [-0.15, -0.1) is 21.5 Å². The minimum atomic E-state index is 0.0418. The third-order valence-corrected chi connectivity index (χ3v) is 5.79. The highest BCUT2D eigenvalue weighted by Crippen LogP contribution is 2.26. The predicted molar refractivity (Wildman–Crippen MR) is 110 cm³/mol. The standard InChI is InChI=1S/C21H22N4OS/c1-15-4-2-5-17(14-15)22-21(26)16-9-11-25(12-10-16)20-8-7-18(23-24-20)19-6-3-13-27-19/h2-8,13-14,16H,9-12H2,1H3,(H,22,26). The van der Waals surface area contributed by atoms with Crippen LogP contribution in [0.2, 0.25) is 0 Å². The Labute approximate surface area is 163 Å². The van der Waals surface area contributed by atoms with E-state index in [4.69, 9.17) is 0 Å². The molecule has 0 radical (unpaired) electrons. The van der Waals surface area contributed by atoms with Crippen molar-refractivity contribution in [2.45, 2.75) is 19.8 Å². The van der Waals surface area contributed by atoms with Crippen LogP contribution in [0.5, 0.6) is 0 Å². The number of thiophene rings is 1. The molecule has 1 N–H and O–H groups in total. The second kappa shape index (κ2) is 7.88. The number of nitrogens with one attached hydrogen (secondary N) is 1. The lowest BCUT2D eigenvalue weighted by Gasteiger charge is -2.31. The maximum atomic E-state index is 12.5. The first-order chi connectivity index (χ1) is 13.2. The van der Waals surface area contributed by atoms with Gasteiger partial charge in [-0.2, -0.15) is 0 Å². The summed E-state index contributed by atoms with van der Waals surface area (Å²) < 4.78 is 0. The molecule has 0 unspecified atom stereocenters. The average Bonchev–Trinajstić information content (AvgIpc) is 3.23. The molecule has 6 heteroatoms. The van der Waals surface area contributed by atoms with Gasteiger partial charge in [0.25, 0.3) is 0 Å². The van der Waals surface area contributed by atoms with Crippen LogP contribution in [0.15, 0.2) is 53.9 Å². The van der Waals surface area contributed by atoms with Crippen molar-refractivity contribution in [3.8, 4) is 10.6 Å². The van der Waals surface area contributed by atoms with Crippen molar-refractivity contribution < 1.29 is 4.79 Å². The molecule has 138 valence electrons. The number of hydrogen-bond donors (Lipinski definition) is 1. The first-order valence-electron chi connectivity index (χ1n) is 9.19. The fourth-order valence-electron chi connectivity index (χ4n) is 3.39. The predicted octanol–water partition coefficient (Wildman–Crippen LogP) is 4.37. The van der Waals surface area contributed by atoms with Gasteiger partial charge < -0.3 is 10.2 Å². The van der Waals surface area contributed by atoms with Crippen molar-refractivity contribution in [3.05, 3.63) is 59.5 Å². The van der Waals surface area contributed by atoms with Crippen LogP contribution in [-0.4, -0.2) is 29.2 Å². The van der Waals surface area contributed by atoms with Crippen molar-refractivity contribution in [2.24, 2.45) is 5.92 Å². The molecular weight excluding hydrogens is 356 g/mol. The van der Waals surface area contributed by atoms with Crippen LogP contribution in [0.3, 0.4) is 0 Å². The number of carbonyl (C=O) groups is 1. The monoisotopic (exact) mass is 378 g/mol. The fourth-order valence-corrected chi connectivity index (χ4v) is 4.08. The number of hydrogen-bond acceptors (Lipinski definition) is 5. The van der Waals surface area contributed by atoms with Crippen LogP contribution in [0.25, 0.3) is 10.6 Å². The third kappa shape index (κ3) is 4.17. The number of nitrogens with zero attached hydrogens (tertiary/aromatic N) is 3. The van der Waals surface area contributed by atoms with Gasteiger partial charge in [0.05, 0.1) is 4.88 Å². The number of anilines is 2. The molecule has 1 fully saturated rings. The van der Waals surface area contributed by atoms with E-state index in [1.165, 1.54) is 0 Å². The lowest BCUT2D eigenvalue weighted by Crippen LogP contribution is -2.38. The van der Waals surface area contributed by atoms with Gasteiger partial charge in [-0.3, -0.25) is 4.79 Å². The van der Waals surface area contributed by atoms with Gasteiger partial charge in [0, 0.05) is 24.7 Å². The van der Waals surface area contributed by atoms with E-state index in [-0.39, 0.29) is 11.8 Å². The van der Waals surface area contributed by atoms with Gasteiger partial charge in [0.2, 0.25) is 5.91 Å². The van der Waals surface area contributed by atoms with E-state index in [0.717, 1.165) is 53.6 Å². The Balaban J connectivity index is 1.34. The van der Waals surface area contributed by atoms with E-state index in [1.54, 1.807) is 11.3 Å². The quantitative estimate of drug-likeness (QED) is 0.732. The zero-order valence-corrected chi connectivity index (χ0v) is 16.1. The van der Waals surface area contributed by atoms with Crippen molar-refractivity contribution in [3.63, 3.8) is 0 Å². The summed E-state index contributed by atoms with van der Waals surface area (Å²) in [6.07, 6.45) is 1.65. The Hall–Kier alpha value is -2.73. The molecule has 1 saturated heterocycles. The smallest absolute Gasteiger partial charge is 0.227 e. The summed E-state index contributed by atoms with van der Waals surface area (Å²) in [5, 5.41) is 13.8. The molecule has 1 aliphatic rings. The first kappa shape index (κ1) is 17.7. The second-order valence-corrected chi connectivity index (χ2v) is 7.82. The summed E-state index contributed by atoms with van der Waals surface area (Å²) in [6.45, 7) is 3.66. The molecule has 1 amide bonds. The maximum Gasteiger partial charge on any atom is 0.227 e. The second-order valence-electron chi connectivity index (χ2n) is 6.87. The number of amides is 1. The van der Waals surface area contributed by atoms with Gasteiger partial charge in [-0.05, 0) is 61.0 Å². The zero-order valence-electron chi connectivity index (χ0n) is 15.3. The van der Waals surface area contributed by atoms with Crippen LogP contribution in [0, 0.1) is 12.8 Å². The van der Waals surface area contributed by atoms with Gasteiger partial charge in [0.15, 0.2) is 5.82 Å². The molecule has 27 heavy (non-hydrogen) atoms. The van der Waals surface area contributed by atoms with E-state index in [9.17, 15) is 4.79 Å². The van der Waals surface area contributed by atoms with Crippen LogP contribution < -0.4 is 10.2 Å². The molecule has 2 aromatic heterocycles. The molecule has 0 aliphatic carbocycles. The Kier molecular flexibility index (Phi) is 5.16. The van der Waals surface area contributed by atoms with Gasteiger partial charge in [0.1, 0.15) is 5.69 Å². The SMILES string of the molecule is Cc1cccc(NC(=O)C2CCN(c3ccc(-c4cccs4)nn3)CC2)c1. The number of piperidine rings is 1. The summed E-state index contributed by atoms with van der Waals surface area (Å²) in [5.41, 5.74) is 2.92. The normalized spacial score (nSPS) is 14.9. The van der Waals surface area contributed by atoms with Crippen LogP contribution in [-0.2, 0) is 4.79 Å². The number of carbonyl (C=O) groups excluding carboxylic acids is 1. The molecule has 5 nitrogen and oxygen atoms in total. The highest BCUT2D eigenvalue weighted by molar-refractivity contribution is 7.13. The van der Waals surface area contributed by atoms with E-state index in [2.05, 4.69) is 20.4 Å². The zero-order chi connectivity index (χ0) is 18.6. The number of rotatable bonds is 4. The van der Waals surface area contributed by atoms with Crippen LogP contribution in [0.1, 0.15) is 18.4 Å². The number of aromatic nitrogens is 2. The van der Waals surface area contributed by atoms with Crippen molar-refractivity contribution >= 4 is 28.7 Å². The van der Waals surface area contributed by atoms with Gasteiger partial charge >= 0.3 is 0 Å². The van der Waals surface area contributed by atoms with Gasteiger partial charge in [-0.1, -0.05) is 18.2 Å². The van der Waals surface area contributed by atoms with E-state index in [1.807, 2.05) is 60.8 Å². The molecule has 0 saturated carbocycles. The van der Waals surface area contributed by atoms with Crippen molar-refractivity contribution in [1.82, 2.24) is 10.2 Å². The maximum absolute atomic E-state index is 12.5. The van der Waals surface area contributed by atoms with E-state index in [0.29, 0.717) is 0 Å². The molecule has 3 aromatic rings. The molecule has 1 aromatic carbocycles. The average molecular weight is 379 g/mol. The summed E-state index contributed by atoms with van der Waals surface area (Å²) in [5.74, 6) is 1.03. The van der Waals surface area contributed by atoms with Crippen LogP contribution in [0.4, 0.5) is 11.5 Å². The Morgan fingerprint density at radius 3 is 2.63 bits per heavy atom. The largest absolute Gasteiger partial charge is 0.355 e. The highest BCUT2D eigenvalue weighted by atomic mass is 32.1. The van der Waals surface area contributed by atoms with Crippen molar-refractivity contribution in [2.75, 3.05) is 23.3 Å². The Morgan fingerprint density at radius 2 is 1.96 bits per heavy atom. The summed E-state index contributed by atoms with van der Waals surface area (Å²) >= 11 is 1.66. The highest BCUT2D eigenvalue weighted by Gasteiger charge is 2.26. The summed E-state index contributed by atoms with van der Waals surface area (Å²) in [7, 11) is 0. The third-order valence-electron chi connectivity index (χ3n) is 4.90. The number of aryl methyl sites for hydroxylation is 1. The summed E-state index contributed by atoms with van der Waals surface area (Å²) in [4.78, 5) is 15.9. The minimum Gasteiger partial charge on any atom is -0.355 e. The van der Waals surface area contributed by atoms with Crippen molar-refractivity contribution in [1.29, 1.82) is 0 Å². The first-order valence-corrected chi connectivity index (χ1v) is 10.1. The van der Waals surface area contributed by atoms with E-state index < -0.39 is 0 Å². The van der Waals surface area contributed by atoms with Gasteiger partial charge in [-0.25, -0.2) is 0 Å².